The summed E-state index contributed by atoms with van der Waals surface area (Å²) in [7, 11) is 0. The van der Waals surface area contributed by atoms with E-state index in [9.17, 15) is 0 Å². The van der Waals surface area contributed by atoms with Crippen molar-refractivity contribution in [2.24, 2.45) is 5.92 Å². The first kappa shape index (κ1) is 13.8. The molecule has 2 aromatic heterocycles. The number of hydrogen-bond acceptors (Lipinski definition) is 2. The maximum Gasteiger partial charge on any atom is 0.0880 e. The highest BCUT2D eigenvalue weighted by molar-refractivity contribution is 5.54. The van der Waals surface area contributed by atoms with Gasteiger partial charge in [0.2, 0.25) is 0 Å². The third-order valence-corrected chi connectivity index (χ3v) is 3.09. The van der Waals surface area contributed by atoms with Gasteiger partial charge in [-0.15, -0.1) is 0 Å². The van der Waals surface area contributed by atoms with Crippen LogP contribution in [0.5, 0.6) is 0 Å². The van der Waals surface area contributed by atoms with E-state index in [-0.39, 0.29) is 5.41 Å². The van der Waals surface area contributed by atoms with Crippen molar-refractivity contribution in [1.29, 1.82) is 0 Å². The molecule has 102 valence electrons. The minimum Gasteiger partial charge on any atom is -0.276 e. The molecule has 19 heavy (non-hydrogen) atoms. The van der Waals surface area contributed by atoms with Crippen LogP contribution in [0.25, 0.3) is 11.4 Å². The summed E-state index contributed by atoms with van der Waals surface area (Å²) in [5.74, 6) is 0.660. The van der Waals surface area contributed by atoms with Gasteiger partial charge in [0.25, 0.3) is 0 Å². The molecule has 3 nitrogen and oxygen atoms in total. The largest absolute Gasteiger partial charge is 0.276 e. The average Bonchev–Trinajstić information content (AvgIpc) is 2.78. The van der Waals surface area contributed by atoms with Crippen LogP contribution in [-0.2, 0) is 11.8 Å². The van der Waals surface area contributed by atoms with Gasteiger partial charge >= 0.3 is 0 Å². The molecule has 0 bridgehead atoms. The van der Waals surface area contributed by atoms with Gasteiger partial charge in [-0.2, -0.15) is 5.10 Å². The molecule has 0 unspecified atom stereocenters. The molecule has 0 spiro atoms. The number of pyridine rings is 1. The zero-order valence-electron chi connectivity index (χ0n) is 12.5. The summed E-state index contributed by atoms with van der Waals surface area (Å²) in [5.41, 5.74) is 4.35. The molecular formula is C16H23N3. The van der Waals surface area contributed by atoms with Crippen LogP contribution in [0.1, 0.15) is 45.9 Å². The molecule has 1 N–H and O–H groups in total. The number of aromatic nitrogens is 3. The molecule has 0 saturated heterocycles. The lowest BCUT2D eigenvalue weighted by Crippen LogP contribution is -2.11. The van der Waals surface area contributed by atoms with Gasteiger partial charge in [-0.3, -0.25) is 10.1 Å². The molecule has 2 heterocycles. The molecule has 0 radical (unpaired) electrons. The number of hydrogen-bond donors (Lipinski definition) is 1. The van der Waals surface area contributed by atoms with E-state index in [1.165, 1.54) is 5.56 Å². The van der Waals surface area contributed by atoms with Gasteiger partial charge < -0.3 is 0 Å². The fourth-order valence-electron chi connectivity index (χ4n) is 2.01. The third kappa shape index (κ3) is 3.43. The summed E-state index contributed by atoms with van der Waals surface area (Å²) in [4.78, 5) is 4.53. The van der Waals surface area contributed by atoms with E-state index in [1.807, 2.05) is 6.20 Å². The van der Waals surface area contributed by atoms with Gasteiger partial charge in [0, 0.05) is 11.6 Å². The van der Waals surface area contributed by atoms with Crippen molar-refractivity contribution >= 4 is 0 Å². The number of H-pyrrole nitrogens is 1. The molecule has 0 aliphatic carbocycles. The molecule has 0 fully saturated rings. The van der Waals surface area contributed by atoms with E-state index >= 15 is 0 Å². The van der Waals surface area contributed by atoms with Crippen molar-refractivity contribution < 1.29 is 0 Å². The summed E-state index contributed by atoms with van der Waals surface area (Å²) in [6, 6.07) is 6.31. The molecule has 3 heteroatoms. The molecule has 0 saturated carbocycles. The first-order valence-electron chi connectivity index (χ1n) is 6.87. The van der Waals surface area contributed by atoms with Crippen LogP contribution in [0.2, 0.25) is 0 Å². The standard InChI is InChI=1S/C16H23N3/c1-11(2)8-12-6-7-13(17-10-12)14-9-15(19-18-14)16(3,4)5/h6-7,9-11H,8H2,1-5H3,(H,18,19). The van der Waals surface area contributed by atoms with Gasteiger partial charge in [0.15, 0.2) is 0 Å². The van der Waals surface area contributed by atoms with E-state index < -0.39 is 0 Å². The van der Waals surface area contributed by atoms with Gasteiger partial charge in [-0.1, -0.05) is 40.7 Å². The van der Waals surface area contributed by atoms with Crippen LogP contribution in [0.3, 0.4) is 0 Å². The third-order valence-electron chi connectivity index (χ3n) is 3.09. The van der Waals surface area contributed by atoms with Gasteiger partial charge in [-0.05, 0) is 30.0 Å². The highest BCUT2D eigenvalue weighted by atomic mass is 15.1. The van der Waals surface area contributed by atoms with E-state index in [1.54, 1.807) is 0 Å². The van der Waals surface area contributed by atoms with E-state index in [0.29, 0.717) is 5.92 Å². The fourth-order valence-corrected chi connectivity index (χ4v) is 2.01. The number of aromatic amines is 1. The zero-order chi connectivity index (χ0) is 14.0. The normalized spacial score (nSPS) is 12.1. The first-order chi connectivity index (χ1) is 8.86. The predicted molar refractivity (Wildman–Crippen MR) is 79.1 cm³/mol. The first-order valence-corrected chi connectivity index (χ1v) is 6.87. The molecule has 2 aromatic rings. The van der Waals surface area contributed by atoms with Crippen LogP contribution < -0.4 is 0 Å². The second-order valence-corrected chi connectivity index (χ2v) is 6.57. The Kier molecular flexibility index (Phi) is 3.74. The number of nitrogens with one attached hydrogen (secondary N) is 1. The summed E-state index contributed by atoms with van der Waals surface area (Å²) in [6.07, 6.45) is 3.04. The van der Waals surface area contributed by atoms with E-state index in [4.69, 9.17) is 0 Å². The van der Waals surface area contributed by atoms with Crippen LogP contribution in [0.15, 0.2) is 24.4 Å². The van der Waals surface area contributed by atoms with Crippen molar-refractivity contribution in [3.8, 4) is 11.4 Å². The second kappa shape index (κ2) is 5.16. The SMILES string of the molecule is CC(C)Cc1ccc(-c2cc(C(C)(C)C)n[nH]2)nc1. The maximum absolute atomic E-state index is 4.53. The van der Waals surface area contributed by atoms with Crippen molar-refractivity contribution in [2.75, 3.05) is 0 Å². The Bertz CT molecular complexity index is 530. The monoisotopic (exact) mass is 257 g/mol. The minimum atomic E-state index is 0.0618. The molecule has 0 amide bonds. The lowest BCUT2D eigenvalue weighted by atomic mass is 9.92. The maximum atomic E-state index is 4.53. The zero-order valence-corrected chi connectivity index (χ0v) is 12.5. The van der Waals surface area contributed by atoms with Crippen molar-refractivity contribution in [3.63, 3.8) is 0 Å². The predicted octanol–water partition coefficient (Wildman–Crippen LogP) is 3.97. The van der Waals surface area contributed by atoms with Crippen LogP contribution >= 0.6 is 0 Å². The molecule has 0 aliphatic heterocycles. The van der Waals surface area contributed by atoms with Gasteiger partial charge in [0.1, 0.15) is 0 Å². The van der Waals surface area contributed by atoms with Crippen molar-refractivity contribution in [2.45, 2.75) is 46.5 Å². The molecule has 2 rings (SSSR count). The lowest BCUT2D eigenvalue weighted by Gasteiger charge is -2.13. The van der Waals surface area contributed by atoms with Crippen molar-refractivity contribution in [1.82, 2.24) is 15.2 Å². The fraction of sp³-hybridized carbons (Fsp3) is 0.500. The average molecular weight is 257 g/mol. The molecule has 0 aromatic carbocycles. The van der Waals surface area contributed by atoms with Gasteiger partial charge in [0.05, 0.1) is 17.1 Å². The summed E-state index contributed by atoms with van der Waals surface area (Å²) >= 11 is 0. The summed E-state index contributed by atoms with van der Waals surface area (Å²) in [6.45, 7) is 10.9. The quantitative estimate of drug-likeness (QED) is 0.904. The number of rotatable bonds is 3. The lowest BCUT2D eigenvalue weighted by molar-refractivity contribution is 0.567. The topological polar surface area (TPSA) is 41.6 Å². The van der Waals surface area contributed by atoms with Crippen LogP contribution in [-0.4, -0.2) is 15.2 Å². The molecule has 0 atom stereocenters. The Labute approximate surface area is 115 Å². The summed E-state index contributed by atoms with van der Waals surface area (Å²) in [5, 5.41) is 7.45. The minimum absolute atomic E-state index is 0.0618. The van der Waals surface area contributed by atoms with Crippen molar-refractivity contribution in [3.05, 3.63) is 35.7 Å². The van der Waals surface area contributed by atoms with E-state index in [2.05, 4.69) is 68.0 Å². The Morgan fingerprint density at radius 3 is 2.42 bits per heavy atom. The Hall–Kier alpha value is -1.64. The Balaban J connectivity index is 2.20. The molecule has 0 aliphatic rings. The van der Waals surface area contributed by atoms with Gasteiger partial charge in [-0.25, -0.2) is 0 Å². The van der Waals surface area contributed by atoms with Crippen LogP contribution in [0, 0.1) is 5.92 Å². The smallest absolute Gasteiger partial charge is 0.0880 e. The van der Waals surface area contributed by atoms with Crippen LogP contribution in [0.4, 0.5) is 0 Å². The second-order valence-electron chi connectivity index (χ2n) is 6.57. The Morgan fingerprint density at radius 1 is 1.21 bits per heavy atom. The Morgan fingerprint density at radius 2 is 1.95 bits per heavy atom. The highest BCUT2D eigenvalue weighted by Crippen LogP contribution is 2.24. The van der Waals surface area contributed by atoms with E-state index in [0.717, 1.165) is 23.5 Å². The molecular weight excluding hydrogens is 234 g/mol. The number of nitrogens with zero attached hydrogens (tertiary/aromatic N) is 2. The summed E-state index contributed by atoms with van der Waals surface area (Å²) < 4.78 is 0. The highest BCUT2D eigenvalue weighted by Gasteiger charge is 2.18.